The van der Waals surface area contributed by atoms with Gasteiger partial charge in [0.25, 0.3) is 0 Å². The first-order valence-corrected chi connectivity index (χ1v) is 31.9. The lowest BCUT2D eigenvalue weighted by Gasteiger charge is -2.37. The molecular formula is C76H82N4O13. The summed E-state index contributed by atoms with van der Waals surface area (Å²) in [5, 5.41) is 10.7. The molecule has 0 radical (unpaired) electrons. The van der Waals surface area contributed by atoms with Crippen LogP contribution >= 0.6 is 0 Å². The Morgan fingerprint density at radius 2 is 0.763 bits per heavy atom. The highest BCUT2D eigenvalue weighted by Crippen LogP contribution is 2.55. The van der Waals surface area contributed by atoms with Gasteiger partial charge in [-0.25, -0.2) is 0 Å². The van der Waals surface area contributed by atoms with Crippen molar-refractivity contribution in [2.45, 2.75) is 82.5 Å². The van der Waals surface area contributed by atoms with Crippen LogP contribution in [-0.4, -0.2) is 128 Å². The lowest BCUT2D eigenvalue weighted by molar-refractivity contribution is -0.132. The van der Waals surface area contributed by atoms with E-state index in [0.717, 1.165) is 98.1 Å². The van der Waals surface area contributed by atoms with Gasteiger partial charge in [-0.2, -0.15) is 0 Å². The van der Waals surface area contributed by atoms with E-state index in [9.17, 15) is 9.90 Å². The Balaban J connectivity index is 0.000000170. The normalized spacial score (nSPS) is 19.1. The number of aromatic hydroxyl groups is 1. The number of hydrogen-bond donors (Lipinski definition) is 1. The summed E-state index contributed by atoms with van der Waals surface area (Å²) >= 11 is 0. The van der Waals surface area contributed by atoms with E-state index in [0.29, 0.717) is 99.1 Å². The molecule has 0 spiro atoms. The van der Waals surface area contributed by atoms with Crippen molar-refractivity contribution in [1.29, 1.82) is 0 Å². The van der Waals surface area contributed by atoms with Gasteiger partial charge in [0.15, 0.2) is 69.0 Å². The van der Waals surface area contributed by atoms with Crippen molar-refractivity contribution in [3.8, 4) is 92.0 Å². The van der Waals surface area contributed by atoms with Crippen molar-refractivity contribution >= 4 is 5.97 Å². The van der Waals surface area contributed by atoms with Crippen molar-refractivity contribution in [3.05, 3.63) is 188 Å². The molecule has 1 N–H and O–H groups in total. The predicted molar refractivity (Wildman–Crippen MR) is 355 cm³/mol. The van der Waals surface area contributed by atoms with Crippen molar-refractivity contribution < 1.29 is 62.0 Å². The third-order valence-electron chi connectivity index (χ3n) is 19.5. The van der Waals surface area contributed by atoms with Crippen LogP contribution in [0.3, 0.4) is 0 Å². The number of likely N-dealkylation sites (N-methyl/N-ethyl adjacent to an activating group) is 4. The monoisotopic (exact) mass is 1260 g/mol. The van der Waals surface area contributed by atoms with Crippen LogP contribution < -0.4 is 52.1 Å². The molecule has 0 saturated carbocycles. The fourth-order valence-corrected chi connectivity index (χ4v) is 14.5. The lowest BCUT2D eigenvalue weighted by Crippen LogP contribution is -2.34. The number of nitrogens with zero attached hydrogens (tertiary/aromatic N) is 4. The molecular weight excluding hydrogens is 1180 g/mol. The number of esters is 1. The van der Waals surface area contributed by atoms with E-state index in [-0.39, 0.29) is 29.9 Å². The Kier molecular flexibility index (Phi) is 17.8. The van der Waals surface area contributed by atoms with Crippen LogP contribution in [0.2, 0.25) is 0 Å². The molecule has 8 aliphatic rings. The maximum absolute atomic E-state index is 12.0. The number of benzene rings is 8. The van der Waals surface area contributed by atoms with Crippen molar-refractivity contribution in [2.24, 2.45) is 0 Å². The fraction of sp³-hybridized carbons (Fsp3) is 0.355. The van der Waals surface area contributed by atoms with E-state index in [1.807, 2.05) is 48.5 Å². The average molecular weight is 1260 g/mol. The van der Waals surface area contributed by atoms with Gasteiger partial charge in [-0.15, -0.1) is 0 Å². The average Bonchev–Trinajstić information content (AvgIpc) is 0.777. The maximum Gasteiger partial charge on any atom is 0.308 e. The first kappa shape index (κ1) is 62.7. The van der Waals surface area contributed by atoms with Gasteiger partial charge in [0.1, 0.15) is 11.5 Å². The Labute approximate surface area is 544 Å². The van der Waals surface area contributed by atoms with E-state index >= 15 is 0 Å². The predicted octanol–water partition coefficient (Wildman–Crippen LogP) is 13.9. The molecule has 16 rings (SSSR count). The zero-order chi connectivity index (χ0) is 64.8. The van der Waals surface area contributed by atoms with Gasteiger partial charge in [0.05, 0.1) is 42.7 Å². The number of phenolic OH excluding ortho intramolecular Hbond substituents is 1. The molecule has 0 unspecified atom stereocenters. The molecule has 8 aromatic carbocycles. The third-order valence-corrected chi connectivity index (χ3v) is 19.5. The second-order valence-electron chi connectivity index (χ2n) is 25.1. The molecule has 8 heterocycles. The minimum atomic E-state index is -0.407. The maximum atomic E-state index is 12.0. The Morgan fingerprint density at radius 3 is 1.19 bits per heavy atom. The van der Waals surface area contributed by atoms with Gasteiger partial charge in [0, 0.05) is 68.4 Å². The standard InChI is InChI=1S/C39H42N2O7.C37H40N2O6/c1-23(42)46-32-12-9-25-18-31-37-27(14-16-41(31)3)21-36(44-5)38(45-6)39(37)48-35-22-29-26(20-33(35)43-4)13-15-40(2)30(29)17-24-7-10-28(11-8-24)47-34(32)19-25;1-38-14-12-24-19-32(41-3)33-21-27(24)28(38)16-22-6-9-26(10-7-22)44-31-18-23(8-11-30(31)40)17-29-35-25(13-15-39(29)2)20-34(42-4)36(43-5)37(35)45-33/h7-12,19-22,30-31H,13-18H2,1-6H3;6-11,18-21,28-29,40H,12-17H2,1-5H3/t30-,31+;28-,29+/m00/s1. The summed E-state index contributed by atoms with van der Waals surface area (Å²) in [5.74, 6) is 8.58. The molecule has 12 bridgehead atoms. The van der Waals surface area contributed by atoms with Gasteiger partial charge in [-0.3, -0.25) is 24.4 Å². The minimum absolute atomic E-state index is 0.0402. The summed E-state index contributed by atoms with van der Waals surface area (Å²) in [6.07, 6.45) is 6.43. The van der Waals surface area contributed by atoms with E-state index in [1.54, 1.807) is 54.8 Å². The van der Waals surface area contributed by atoms with E-state index in [4.69, 9.17) is 52.1 Å². The Bertz CT molecular complexity index is 4120. The zero-order valence-corrected chi connectivity index (χ0v) is 55.0. The second-order valence-corrected chi connectivity index (χ2v) is 25.1. The summed E-state index contributed by atoms with van der Waals surface area (Å²) in [7, 11) is 18.6. The molecule has 484 valence electrons. The number of fused-ring (bicyclic) bond motifs is 4. The molecule has 0 aromatic heterocycles. The molecule has 0 fully saturated rings. The molecule has 17 nitrogen and oxygen atoms in total. The largest absolute Gasteiger partial charge is 0.504 e. The lowest BCUT2D eigenvalue weighted by atomic mass is 9.87. The van der Waals surface area contributed by atoms with Crippen LogP contribution in [0.25, 0.3) is 0 Å². The quantitative estimate of drug-likeness (QED) is 0.119. The Morgan fingerprint density at radius 1 is 0.398 bits per heavy atom. The topological polar surface area (TPSA) is 152 Å². The SMILES string of the molecule is COc1cc2c3cc1Oc1c(OC)c(OC)cc4c1[C@@H](Cc1ccc(O)c(c1)Oc1ccc(cc1)C[C@@H]3N(C)CC2)N(C)CC4.COc1cc2c3cc1Oc1c(OC)c(OC)cc4c1[C@@H](Cc1ccc(OC(C)=O)c(c1)Oc1ccc(cc1)C[C@@H]3N(C)CC2)N(C)CC4. The number of carbonyl (C=O) groups excluding carboxylic acids is 1. The van der Waals surface area contributed by atoms with Gasteiger partial charge < -0.3 is 57.2 Å². The summed E-state index contributed by atoms with van der Waals surface area (Å²) in [5.41, 5.74) is 13.8. The van der Waals surface area contributed by atoms with Gasteiger partial charge in [0.2, 0.25) is 11.5 Å². The van der Waals surface area contributed by atoms with E-state index in [1.165, 1.54) is 40.3 Å². The summed E-state index contributed by atoms with van der Waals surface area (Å²) in [4.78, 5) is 21.5. The molecule has 4 atom stereocenters. The van der Waals surface area contributed by atoms with Crippen LogP contribution in [-0.2, 0) is 56.2 Å². The highest BCUT2D eigenvalue weighted by Gasteiger charge is 2.38. The molecule has 0 aliphatic carbocycles. The zero-order valence-electron chi connectivity index (χ0n) is 55.0. The second kappa shape index (κ2) is 26.5. The number of hydrogen-bond acceptors (Lipinski definition) is 17. The van der Waals surface area contributed by atoms with Crippen molar-refractivity contribution in [3.63, 3.8) is 0 Å². The molecule has 8 aromatic rings. The summed E-state index contributed by atoms with van der Waals surface area (Å²) in [6.45, 7) is 5.00. The summed E-state index contributed by atoms with van der Waals surface area (Å²) in [6, 6.07) is 40.6. The third kappa shape index (κ3) is 12.4. The summed E-state index contributed by atoms with van der Waals surface area (Å²) < 4.78 is 67.9. The number of rotatable bonds is 7. The first-order valence-electron chi connectivity index (χ1n) is 31.9. The van der Waals surface area contributed by atoms with Gasteiger partial charge >= 0.3 is 5.97 Å². The van der Waals surface area contributed by atoms with Crippen LogP contribution in [0.15, 0.2) is 121 Å². The number of ether oxygens (including phenoxy) is 11. The molecule has 0 amide bonds. The molecule has 17 heteroatoms. The van der Waals surface area contributed by atoms with Gasteiger partial charge in [-0.1, -0.05) is 36.4 Å². The number of carbonyl (C=O) groups is 1. The minimum Gasteiger partial charge on any atom is -0.504 e. The first-order chi connectivity index (χ1) is 45.1. The molecule has 93 heavy (non-hydrogen) atoms. The van der Waals surface area contributed by atoms with Crippen LogP contribution in [0.1, 0.15) is 97.9 Å². The number of phenols is 1. The fourth-order valence-electron chi connectivity index (χ4n) is 14.5. The highest BCUT2D eigenvalue weighted by molar-refractivity contribution is 5.71. The van der Waals surface area contributed by atoms with Crippen LogP contribution in [0, 0.1) is 0 Å². The van der Waals surface area contributed by atoms with Crippen molar-refractivity contribution in [1.82, 2.24) is 19.6 Å². The molecule has 8 aliphatic heterocycles. The van der Waals surface area contributed by atoms with Crippen molar-refractivity contribution in [2.75, 3.05) is 97.0 Å². The van der Waals surface area contributed by atoms with Crippen LogP contribution in [0.5, 0.6) is 92.0 Å². The smallest absolute Gasteiger partial charge is 0.308 e. The molecule has 0 saturated heterocycles. The Hall–Kier alpha value is -9.13. The highest BCUT2D eigenvalue weighted by atomic mass is 16.6. The van der Waals surface area contributed by atoms with E-state index in [2.05, 4.69) is 108 Å². The van der Waals surface area contributed by atoms with E-state index < -0.39 is 5.97 Å². The van der Waals surface area contributed by atoms with Gasteiger partial charge in [-0.05, 0) is 220 Å². The number of methoxy groups -OCH3 is 6. The van der Waals surface area contributed by atoms with Crippen LogP contribution in [0.4, 0.5) is 0 Å².